The number of rotatable bonds is 5. The third kappa shape index (κ3) is 3.18. The number of ether oxygens (including phenoxy) is 1. The van der Waals surface area contributed by atoms with E-state index < -0.39 is 0 Å². The summed E-state index contributed by atoms with van der Waals surface area (Å²) in [6.07, 6.45) is 0. The lowest BCUT2D eigenvalue weighted by molar-refractivity contribution is 0.0526. The van der Waals surface area contributed by atoms with Crippen molar-refractivity contribution in [1.82, 2.24) is 9.78 Å². The maximum absolute atomic E-state index is 13.0. The highest BCUT2D eigenvalue weighted by molar-refractivity contribution is 6.15. The van der Waals surface area contributed by atoms with E-state index in [9.17, 15) is 9.59 Å². The summed E-state index contributed by atoms with van der Waals surface area (Å²) >= 11 is 0. The van der Waals surface area contributed by atoms with Gasteiger partial charge in [-0.25, -0.2) is 9.48 Å². The zero-order valence-corrected chi connectivity index (χ0v) is 15.3. The number of esters is 1. The number of hydrogen-bond acceptors (Lipinski definition) is 4. The predicted molar refractivity (Wildman–Crippen MR) is 107 cm³/mol. The van der Waals surface area contributed by atoms with Crippen LogP contribution >= 0.6 is 0 Å². The third-order valence-electron chi connectivity index (χ3n) is 4.46. The largest absolute Gasteiger partial charge is 0.462 e. The molecule has 0 bridgehead atoms. The molecule has 0 fully saturated rings. The number of carbonyl (C=O) groups is 2. The molecule has 4 aromatic rings. The molecule has 138 valence electrons. The van der Waals surface area contributed by atoms with Gasteiger partial charge in [0.15, 0.2) is 0 Å². The maximum atomic E-state index is 13.0. The first-order valence-corrected chi connectivity index (χ1v) is 9.04. The van der Waals surface area contributed by atoms with Gasteiger partial charge in [-0.05, 0) is 37.3 Å². The number of nitrogens with zero attached hydrogens (tertiary/aromatic N) is 2. The van der Waals surface area contributed by atoms with Crippen LogP contribution in [0.25, 0.3) is 16.6 Å². The molecule has 0 unspecified atom stereocenters. The summed E-state index contributed by atoms with van der Waals surface area (Å²) in [5.74, 6) is -0.488. The molecule has 0 aliphatic rings. The van der Waals surface area contributed by atoms with Crippen molar-refractivity contribution >= 4 is 22.7 Å². The molecule has 3 aromatic carbocycles. The molecule has 5 nitrogen and oxygen atoms in total. The van der Waals surface area contributed by atoms with E-state index in [0.717, 1.165) is 16.6 Å². The lowest BCUT2D eigenvalue weighted by Crippen LogP contribution is -2.06. The molecule has 0 atom stereocenters. The molecule has 0 saturated carbocycles. The van der Waals surface area contributed by atoms with Gasteiger partial charge in [-0.2, -0.15) is 5.10 Å². The Balaban J connectivity index is 1.79. The third-order valence-corrected chi connectivity index (χ3v) is 4.46. The van der Waals surface area contributed by atoms with Crippen molar-refractivity contribution in [2.45, 2.75) is 6.92 Å². The molecular formula is C23H18N2O3. The second kappa shape index (κ2) is 7.48. The molecule has 0 aliphatic carbocycles. The molecule has 0 amide bonds. The SMILES string of the molecule is CCOC(=O)c1ccc(-n2nc(C(=O)c3ccccc3)c3ccccc32)cc1. The minimum absolute atomic E-state index is 0.126. The van der Waals surface area contributed by atoms with E-state index in [1.807, 2.05) is 42.5 Å². The van der Waals surface area contributed by atoms with Crippen LogP contribution in [0.4, 0.5) is 0 Å². The fourth-order valence-corrected chi connectivity index (χ4v) is 3.11. The summed E-state index contributed by atoms with van der Waals surface area (Å²) in [6, 6.07) is 23.7. The Morgan fingerprint density at radius 1 is 0.857 bits per heavy atom. The van der Waals surface area contributed by atoms with Crippen molar-refractivity contribution in [2.75, 3.05) is 6.61 Å². The van der Waals surface area contributed by atoms with Crippen LogP contribution in [0.3, 0.4) is 0 Å². The van der Waals surface area contributed by atoms with E-state index >= 15 is 0 Å². The van der Waals surface area contributed by atoms with Crippen molar-refractivity contribution in [2.24, 2.45) is 0 Å². The molecule has 5 heteroatoms. The smallest absolute Gasteiger partial charge is 0.338 e. The molecule has 0 N–H and O–H groups in total. The number of fused-ring (bicyclic) bond motifs is 1. The molecule has 0 spiro atoms. The monoisotopic (exact) mass is 370 g/mol. The van der Waals surface area contributed by atoms with Crippen LogP contribution in [0.5, 0.6) is 0 Å². The molecule has 0 radical (unpaired) electrons. The molecule has 28 heavy (non-hydrogen) atoms. The average molecular weight is 370 g/mol. The number of benzene rings is 3. The first-order chi connectivity index (χ1) is 13.7. The lowest BCUT2D eigenvalue weighted by atomic mass is 10.1. The molecular weight excluding hydrogens is 352 g/mol. The van der Waals surface area contributed by atoms with Gasteiger partial charge in [-0.3, -0.25) is 4.79 Å². The van der Waals surface area contributed by atoms with Crippen molar-refractivity contribution in [3.8, 4) is 5.69 Å². The van der Waals surface area contributed by atoms with Gasteiger partial charge in [-0.1, -0.05) is 48.5 Å². The minimum Gasteiger partial charge on any atom is -0.462 e. The van der Waals surface area contributed by atoms with Crippen LogP contribution in [-0.2, 0) is 4.74 Å². The highest BCUT2D eigenvalue weighted by Gasteiger charge is 2.19. The Morgan fingerprint density at radius 2 is 1.54 bits per heavy atom. The molecule has 1 aromatic heterocycles. The van der Waals surface area contributed by atoms with Gasteiger partial charge < -0.3 is 4.74 Å². The number of para-hydroxylation sites is 1. The van der Waals surface area contributed by atoms with Crippen molar-refractivity contribution in [1.29, 1.82) is 0 Å². The van der Waals surface area contributed by atoms with Crippen LogP contribution < -0.4 is 0 Å². The van der Waals surface area contributed by atoms with Gasteiger partial charge >= 0.3 is 5.97 Å². The maximum Gasteiger partial charge on any atom is 0.338 e. The summed E-state index contributed by atoms with van der Waals surface area (Å²) in [5.41, 5.74) is 3.05. The van der Waals surface area contributed by atoms with E-state index in [-0.39, 0.29) is 11.8 Å². The molecule has 1 heterocycles. The molecule has 0 aliphatic heterocycles. The first kappa shape index (κ1) is 17.7. The summed E-state index contributed by atoms with van der Waals surface area (Å²) in [7, 11) is 0. The first-order valence-electron chi connectivity index (χ1n) is 9.04. The number of aromatic nitrogens is 2. The molecule has 4 rings (SSSR count). The predicted octanol–water partition coefficient (Wildman–Crippen LogP) is 4.43. The van der Waals surface area contributed by atoms with E-state index in [1.165, 1.54) is 0 Å². The number of ketones is 1. The van der Waals surface area contributed by atoms with E-state index in [1.54, 1.807) is 48.0 Å². The Kier molecular flexibility index (Phi) is 4.72. The van der Waals surface area contributed by atoms with Gasteiger partial charge in [0, 0.05) is 10.9 Å². The summed E-state index contributed by atoms with van der Waals surface area (Å²) in [5, 5.41) is 5.38. The summed E-state index contributed by atoms with van der Waals surface area (Å²) in [4.78, 5) is 24.8. The van der Waals surface area contributed by atoms with Gasteiger partial charge in [0.2, 0.25) is 5.78 Å². The highest BCUT2D eigenvalue weighted by Crippen LogP contribution is 2.24. The van der Waals surface area contributed by atoms with Crippen molar-refractivity contribution in [3.63, 3.8) is 0 Å². The van der Waals surface area contributed by atoms with Crippen LogP contribution in [0.15, 0.2) is 78.9 Å². The van der Waals surface area contributed by atoms with E-state index in [0.29, 0.717) is 23.4 Å². The summed E-state index contributed by atoms with van der Waals surface area (Å²) in [6.45, 7) is 2.10. The van der Waals surface area contributed by atoms with E-state index in [4.69, 9.17) is 4.74 Å². The van der Waals surface area contributed by atoms with Crippen LogP contribution in [0.1, 0.15) is 33.3 Å². The lowest BCUT2D eigenvalue weighted by Gasteiger charge is -2.05. The van der Waals surface area contributed by atoms with Gasteiger partial charge in [0.25, 0.3) is 0 Å². The summed E-state index contributed by atoms with van der Waals surface area (Å²) < 4.78 is 6.74. The van der Waals surface area contributed by atoms with Crippen LogP contribution in [-0.4, -0.2) is 28.1 Å². The second-order valence-corrected chi connectivity index (χ2v) is 6.24. The van der Waals surface area contributed by atoms with E-state index in [2.05, 4.69) is 5.10 Å². The Bertz CT molecular complexity index is 1150. The fourth-order valence-electron chi connectivity index (χ4n) is 3.11. The second-order valence-electron chi connectivity index (χ2n) is 6.24. The van der Waals surface area contributed by atoms with Gasteiger partial charge in [-0.15, -0.1) is 0 Å². The van der Waals surface area contributed by atoms with Gasteiger partial charge in [0.1, 0.15) is 5.69 Å². The Morgan fingerprint density at radius 3 is 2.25 bits per heavy atom. The quantitative estimate of drug-likeness (QED) is 0.385. The Labute approximate surface area is 162 Å². The average Bonchev–Trinajstić information content (AvgIpc) is 3.14. The zero-order valence-electron chi connectivity index (χ0n) is 15.3. The number of hydrogen-bond donors (Lipinski definition) is 0. The topological polar surface area (TPSA) is 61.2 Å². The number of carbonyl (C=O) groups excluding carboxylic acids is 2. The Hall–Kier alpha value is -3.73. The highest BCUT2D eigenvalue weighted by atomic mass is 16.5. The van der Waals surface area contributed by atoms with Gasteiger partial charge in [0.05, 0.1) is 23.4 Å². The normalized spacial score (nSPS) is 10.8. The molecule has 0 saturated heterocycles. The van der Waals surface area contributed by atoms with Crippen LogP contribution in [0, 0.1) is 0 Å². The fraction of sp³-hybridized carbons (Fsp3) is 0.0870. The zero-order chi connectivity index (χ0) is 19.5. The standard InChI is InChI=1S/C23H18N2O3/c1-2-28-23(27)17-12-14-18(15-13-17)25-20-11-7-6-10-19(20)21(24-25)22(26)16-8-4-3-5-9-16/h3-15H,2H2,1H3. The van der Waals surface area contributed by atoms with Crippen molar-refractivity contribution < 1.29 is 14.3 Å². The van der Waals surface area contributed by atoms with Crippen molar-refractivity contribution in [3.05, 3.63) is 95.7 Å². The van der Waals surface area contributed by atoms with Crippen LogP contribution in [0.2, 0.25) is 0 Å². The minimum atomic E-state index is -0.362.